The predicted molar refractivity (Wildman–Crippen MR) is 85.5 cm³/mol. The number of hydrogen-bond donors (Lipinski definition) is 2. The van der Waals surface area contributed by atoms with Crippen LogP contribution >= 0.6 is 15.9 Å². The number of rotatable bonds is 5. The molecular formula is C16H16BrFN2O. The number of para-hydroxylation sites is 1. The zero-order valence-corrected chi connectivity index (χ0v) is 13.2. The summed E-state index contributed by atoms with van der Waals surface area (Å²) in [5.41, 5.74) is 7.38. The molecule has 5 heteroatoms. The predicted octanol–water partition coefficient (Wildman–Crippen LogP) is 3.79. The Morgan fingerprint density at radius 2 is 2.05 bits per heavy atom. The second kappa shape index (κ2) is 6.72. The summed E-state index contributed by atoms with van der Waals surface area (Å²) in [6.07, 6.45) is 0.150. The first-order chi connectivity index (χ1) is 9.97. The van der Waals surface area contributed by atoms with E-state index >= 15 is 0 Å². The number of amides is 1. The van der Waals surface area contributed by atoms with Crippen molar-refractivity contribution in [2.24, 2.45) is 5.73 Å². The highest BCUT2D eigenvalue weighted by Crippen LogP contribution is 2.26. The van der Waals surface area contributed by atoms with Gasteiger partial charge in [0.15, 0.2) is 0 Å². The number of anilines is 1. The van der Waals surface area contributed by atoms with E-state index in [2.05, 4.69) is 21.2 Å². The van der Waals surface area contributed by atoms with E-state index in [-0.39, 0.29) is 18.3 Å². The number of carbonyl (C=O) groups is 1. The van der Waals surface area contributed by atoms with Crippen molar-refractivity contribution in [2.45, 2.75) is 19.4 Å². The van der Waals surface area contributed by atoms with Crippen LogP contribution in [0.25, 0.3) is 0 Å². The normalized spacial score (nSPS) is 12.0. The fourth-order valence-corrected chi connectivity index (χ4v) is 2.54. The van der Waals surface area contributed by atoms with Crippen LogP contribution in [0.15, 0.2) is 46.9 Å². The highest BCUT2D eigenvalue weighted by molar-refractivity contribution is 9.10. The maximum atomic E-state index is 13.9. The van der Waals surface area contributed by atoms with Gasteiger partial charge in [-0.25, -0.2) is 4.39 Å². The molecule has 0 aliphatic heterocycles. The van der Waals surface area contributed by atoms with E-state index in [1.807, 2.05) is 31.2 Å². The number of nitrogens with two attached hydrogens (primary N) is 1. The molecule has 0 radical (unpaired) electrons. The summed E-state index contributed by atoms with van der Waals surface area (Å²) >= 11 is 3.34. The molecule has 1 unspecified atom stereocenters. The number of halogens is 2. The average molecular weight is 351 g/mol. The molecule has 2 aromatic rings. The van der Waals surface area contributed by atoms with Crippen LogP contribution in [0.2, 0.25) is 0 Å². The molecule has 0 saturated carbocycles. The average Bonchev–Trinajstić information content (AvgIpc) is 2.43. The highest BCUT2D eigenvalue weighted by atomic mass is 79.9. The molecule has 1 atom stereocenters. The fraction of sp³-hybridized carbons (Fsp3) is 0.188. The Balaban J connectivity index is 2.25. The molecule has 0 heterocycles. The van der Waals surface area contributed by atoms with E-state index in [1.165, 1.54) is 6.07 Å². The van der Waals surface area contributed by atoms with Gasteiger partial charge in [0.05, 0.1) is 12.5 Å². The SMILES string of the molecule is CC(Nc1ccccc1CC(N)=O)c1cc(Br)ccc1F. The van der Waals surface area contributed by atoms with E-state index in [9.17, 15) is 9.18 Å². The van der Waals surface area contributed by atoms with Gasteiger partial charge in [-0.3, -0.25) is 4.79 Å². The van der Waals surface area contributed by atoms with Crippen LogP contribution in [-0.4, -0.2) is 5.91 Å². The van der Waals surface area contributed by atoms with Crippen molar-refractivity contribution >= 4 is 27.5 Å². The Morgan fingerprint density at radius 1 is 1.33 bits per heavy atom. The molecule has 0 aliphatic carbocycles. The summed E-state index contributed by atoms with van der Waals surface area (Å²) in [7, 11) is 0. The molecule has 2 rings (SSSR count). The topological polar surface area (TPSA) is 55.1 Å². The lowest BCUT2D eigenvalue weighted by atomic mass is 10.0. The van der Waals surface area contributed by atoms with Gasteiger partial charge in [0.25, 0.3) is 0 Å². The minimum Gasteiger partial charge on any atom is -0.378 e. The monoisotopic (exact) mass is 350 g/mol. The minimum atomic E-state index is -0.398. The van der Waals surface area contributed by atoms with Gasteiger partial charge >= 0.3 is 0 Å². The largest absolute Gasteiger partial charge is 0.378 e. The van der Waals surface area contributed by atoms with Crippen LogP contribution < -0.4 is 11.1 Å². The summed E-state index contributed by atoms with van der Waals surface area (Å²) in [5.74, 6) is -0.670. The van der Waals surface area contributed by atoms with E-state index < -0.39 is 5.91 Å². The maximum absolute atomic E-state index is 13.9. The van der Waals surface area contributed by atoms with Crippen molar-refractivity contribution in [3.8, 4) is 0 Å². The Hall–Kier alpha value is -1.88. The third-order valence-corrected chi connectivity index (χ3v) is 3.67. The molecular weight excluding hydrogens is 335 g/mol. The first-order valence-corrected chi connectivity index (χ1v) is 7.34. The van der Waals surface area contributed by atoms with Crippen LogP contribution in [-0.2, 0) is 11.2 Å². The first kappa shape index (κ1) is 15.5. The summed E-state index contributed by atoms with van der Waals surface area (Å²) in [6.45, 7) is 1.87. The van der Waals surface area contributed by atoms with Crippen molar-refractivity contribution in [3.05, 3.63) is 63.9 Å². The summed E-state index contributed by atoms with van der Waals surface area (Å²) < 4.78 is 14.7. The van der Waals surface area contributed by atoms with Crippen molar-refractivity contribution in [1.29, 1.82) is 0 Å². The fourth-order valence-electron chi connectivity index (χ4n) is 2.16. The van der Waals surface area contributed by atoms with Gasteiger partial charge in [0.1, 0.15) is 5.82 Å². The summed E-state index contributed by atoms with van der Waals surface area (Å²) in [6, 6.07) is 12.0. The molecule has 0 spiro atoms. The Kier molecular flexibility index (Phi) is 4.96. The molecule has 1 amide bonds. The van der Waals surface area contributed by atoms with Gasteiger partial charge in [0, 0.05) is 15.7 Å². The third kappa shape index (κ3) is 4.04. The van der Waals surface area contributed by atoms with Gasteiger partial charge in [-0.05, 0) is 36.8 Å². The van der Waals surface area contributed by atoms with E-state index in [0.29, 0.717) is 5.56 Å². The lowest BCUT2D eigenvalue weighted by molar-refractivity contribution is -0.117. The molecule has 0 aromatic heterocycles. The maximum Gasteiger partial charge on any atom is 0.221 e. The van der Waals surface area contributed by atoms with Crippen molar-refractivity contribution < 1.29 is 9.18 Å². The van der Waals surface area contributed by atoms with Gasteiger partial charge in [-0.1, -0.05) is 34.1 Å². The smallest absolute Gasteiger partial charge is 0.221 e. The lowest BCUT2D eigenvalue weighted by Gasteiger charge is -2.19. The molecule has 2 aromatic carbocycles. The van der Waals surface area contributed by atoms with Crippen molar-refractivity contribution in [2.75, 3.05) is 5.32 Å². The molecule has 110 valence electrons. The van der Waals surface area contributed by atoms with Crippen LogP contribution in [0.5, 0.6) is 0 Å². The third-order valence-electron chi connectivity index (χ3n) is 3.18. The Bertz CT molecular complexity index is 660. The number of carbonyl (C=O) groups excluding carboxylic acids is 1. The van der Waals surface area contributed by atoms with Gasteiger partial charge in [0.2, 0.25) is 5.91 Å². The van der Waals surface area contributed by atoms with Crippen molar-refractivity contribution in [1.82, 2.24) is 0 Å². The van der Waals surface area contributed by atoms with Gasteiger partial charge in [-0.15, -0.1) is 0 Å². The molecule has 0 saturated heterocycles. The molecule has 0 bridgehead atoms. The lowest BCUT2D eigenvalue weighted by Crippen LogP contribution is -2.16. The Labute approximate surface area is 131 Å². The number of hydrogen-bond acceptors (Lipinski definition) is 2. The van der Waals surface area contributed by atoms with E-state index in [1.54, 1.807) is 12.1 Å². The Morgan fingerprint density at radius 3 is 2.76 bits per heavy atom. The van der Waals surface area contributed by atoms with E-state index in [4.69, 9.17) is 5.73 Å². The standard InChI is InChI=1S/C16H16BrFN2O/c1-10(13-9-12(17)6-7-14(13)18)20-15-5-3-2-4-11(15)8-16(19)21/h2-7,9-10,20H,8H2,1H3,(H2,19,21). The molecule has 0 fully saturated rings. The highest BCUT2D eigenvalue weighted by Gasteiger charge is 2.13. The van der Waals surface area contributed by atoms with Crippen LogP contribution in [0.1, 0.15) is 24.1 Å². The second-order valence-electron chi connectivity index (χ2n) is 4.83. The molecule has 0 aliphatic rings. The van der Waals surface area contributed by atoms with Crippen LogP contribution in [0, 0.1) is 5.82 Å². The van der Waals surface area contributed by atoms with Crippen LogP contribution in [0.4, 0.5) is 10.1 Å². The number of nitrogens with one attached hydrogen (secondary N) is 1. The molecule has 3 N–H and O–H groups in total. The quantitative estimate of drug-likeness (QED) is 0.861. The van der Waals surface area contributed by atoms with Gasteiger partial charge < -0.3 is 11.1 Å². The molecule has 3 nitrogen and oxygen atoms in total. The molecule has 21 heavy (non-hydrogen) atoms. The zero-order valence-electron chi connectivity index (χ0n) is 11.6. The first-order valence-electron chi connectivity index (χ1n) is 6.55. The second-order valence-corrected chi connectivity index (χ2v) is 5.75. The summed E-state index contributed by atoms with van der Waals surface area (Å²) in [5, 5.41) is 3.23. The zero-order chi connectivity index (χ0) is 15.4. The van der Waals surface area contributed by atoms with Crippen molar-refractivity contribution in [3.63, 3.8) is 0 Å². The number of primary amides is 1. The van der Waals surface area contributed by atoms with Crippen LogP contribution in [0.3, 0.4) is 0 Å². The minimum absolute atomic E-state index is 0.150. The number of benzene rings is 2. The van der Waals surface area contributed by atoms with Gasteiger partial charge in [-0.2, -0.15) is 0 Å². The van der Waals surface area contributed by atoms with E-state index in [0.717, 1.165) is 15.7 Å². The summed E-state index contributed by atoms with van der Waals surface area (Å²) in [4.78, 5) is 11.1.